The minimum Gasteiger partial charge on any atom is -0.383 e. The summed E-state index contributed by atoms with van der Waals surface area (Å²) in [5.74, 6) is -2.12. The maximum absolute atomic E-state index is 13.5. The van der Waals surface area contributed by atoms with Crippen LogP contribution in [-0.2, 0) is 126 Å². The Labute approximate surface area is 550 Å². The maximum atomic E-state index is 13.5. The Morgan fingerprint density at radius 3 is 1.76 bits per heavy atom. The molecule has 4 aromatic rings. The zero-order chi connectivity index (χ0) is 67.6. The molecule has 4 aromatic carbocycles. The van der Waals surface area contributed by atoms with Crippen LogP contribution >= 0.6 is 12.0 Å². The van der Waals surface area contributed by atoms with Crippen LogP contribution in [0, 0.1) is 0 Å². The molecule has 512 valence electrons. The minimum atomic E-state index is -4.32. The number of hydrogen-bond donors (Lipinski definition) is 0. The van der Waals surface area contributed by atoms with Crippen molar-refractivity contribution in [1.82, 2.24) is 5.06 Å². The standard InChI is InChI=1S/C62H82N3O23S5/c1-61(2)54(14-11-10-12-15-55-62(3,23-13-39-91(70,71)79-7)60-49-41-45(93(74,75)81-9)43-53(90(69)78-6)47(49)17-19-51(60)64(55)24-27-76-4)63(50-18-16-46-48(59(50)61)40-44(92(72,73)80-8)42-52(46)89-77-5)25-28-83-30-32-85-34-36-87-38-37-86-35-33-84-31-29-82-26-22-58(68)88-65-56(66)20-21-57(65)67/h10-12,14-19,40-43H,13,20-39H2,1-9H3/q+1. The molecule has 26 nitrogen and oxygen atoms in total. The van der Waals surface area contributed by atoms with Crippen LogP contribution in [0.3, 0.4) is 0 Å². The van der Waals surface area contributed by atoms with Crippen LogP contribution in [0.1, 0.15) is 64.0 Å². The molecule has 2 unspecified atom stereocenters. The third-order valence-electron chi connectivity index (χ3n) is 15.7. The first-order chi connectivity index (χ1) is 44.4. The van der Waals surface area contributed by atoms with E-state index in [2.05, 4.69) is 23.3 Å². The zero-order valence-electron chi connectivity index (χ0n) is 53.6. The van der Waals surface area contributed by atoms with Gasteiger partial charge in [-0.15, -0.1) is 5.06 Å². The van der Waals surface area contributed by atoms with E-state index in [1.54, 1.807) is 19.2 Å². The fourth-order valence-electron chi connectivity index (χ4n) is 11.3. The van der Waals surface area contributed by atoms with Gasteiger partial charge in [-0.1, -0.05) is 24.3 Å². The molecular weight excluding hydrogens is 1320 g/mol. The summed E-state index contributed by atoms with van der Waals surface area (Å²) in [6, 6.07) is 13.5. The Morgan fingerprint density at radius 1 is 0.645 bits per heavy atom. The number of hydroxylamine groups is 2. The van der Waals surface area contributed by atoms with Gasteiger partial charge in [-0.05, 0) is 97.8 Å². The molecule has 2 amide bonds. The Balaban J connectivity index is 1.04. The van der Waals surface area contributed by atoms with E-state index in [1.807, 2.05) is 55.5 Å². The Hall–Kier alpha value is -5.43. The number of fused-ring (bicyclic) bond motifs is 6. The molecule has 0 aromatic heterocycles. The van der Waals surface area contributed by atoms with Crippen molar-refractivity contribution < 1.29 is 107 Å². The van der Waals surface area contributed by atoms with Crippen molar-refractivity contribution in [1.29, 1.82) is 0 Å². The molecule has 2 atom stereocenters. The highest BCUT2D eigenvalue weighted by molar-refractivity contribution is 7.95. The number of methoxy groups -OCH3 is 1. The zero-order valence-corrected chi connectivity index (χ0v) is 57.7. The van der Waals surface area contributed by atoms with Crippen LogP contribution in [0.4, 0.5) is 11.4 Å². The number of carbonyl (C=O) groups is 3. The second-order valence-corrected chi connectivity index (χ2v) is 29.2. The lowest BCUT2D eigenvalue weighted by Gasteiger charge is -2.31. The maximum Gasteiger partial charge on any atom is 0.335 e. The third kappa shape index (κ3) is 18.6. The summed E-state index contributed by atoms with van der Waals surface area (Å²) in [6.07, 6.45) is 9.86. The summed E-state index contributed by atoms with van der Waals surface area (Å²) in [5, 5.41) is 2.87. The second-order valence-electron chi connectivity index (χ2n) is 21.8. The molecule has 0 aliphatic carbocycles. The van der Waals surface area contributed by atoms with Gasteiger partial charge in [-0.3, -0.25) is 26.3 Å². The van der Waals surface area contributed by atoms with E-state index in [0.29, 0.717) is 96.7 Å². The van der Waals surface area contributed by atoms with Crippen molar-refractivity contribution in [3.05, 3.63) is 95.7 Å². The number of benzene rings is 4. The van der Waals surface area contributed by atoms with Crippen LogP contribution < -0.4 is 4.90 Å². The first-order valence-electron chi connectivity index (χ1n) is 29.7. The first kappa shape index (κ1) is 75.0. The SMILES string of the molecule is COCCN1C(=CC=CC=CC2=[N+](CCOCCOCCOCCOCCOCCOCCC(=O)ON3C(=O)CCC3=O)c3ccc4c(SOC)cc(S(=O)(=O)OC)cc4c3C2(C)C)C(C)(CCCS(=O)(=O)OC)c2c1ccc1c(S(=O)OC)cc(S(=O)(=O)OC)cc21. The normalized spacial score (nSPS) is 17.6. The average molecular weight is 1400 g/mol. The van der Waals surface area contributed by atoms with Gasteiger partial charge in [0.15, 0.2) is 23.3 Å². The smallest absolute Gasteiger partial charge is 0.335 e. The van der Waals surface area contributed by atoms with Gasteiger partial charge in [0.25, 0.3) is 42.2 Å². The van der Waals surface area contributed by atoms with Crippen molar-refractivity contribution in [2.75, 3.05) is 152 Å². The highest BCUT2D eigenvalue weighted by Gasteiger charge is 2.47. The molecule has 0 bridgehead atoms. The number of hydrogen-bond acceptors (Lipinski definition) is 25. The molecule has 3 aliphatic rings. The number of anilines is 1. The van der Waals surface area contributed by atoms with Gasteiger partial charge in [0, 0.05) is 83.3 Å². The molecule has 0 radical (unpaired) electrons. The lowest BCUT2D eigenvalue weighted by Crippen LogP contribution is -2.32. The lowest BCUT2D eigenvalue weighted by molar-refractivity contribution is -0.442. The molecule has 3 aliphatic heterocycles. The van der Waals surface area contributed by atoms with Crippen LogP contribution in [0.15, 0.2) is 104 Å². The summed E-state index contributed by atoms with van der Waals surface area (Å²) in [7, 11) is -4.76. The Bertz CT molecular complexity index is 3820. The molecule has 31 heteroatoms. The summed E-state index contributed by atoms with van der Waals surface area (Å²) in [4.78, 5) is 42.3. The van der Waals surface area contributed by atoms with Crippen LogP contribution in [-0.4, -0.2) is 210 Å². The van der Waals surface area contributed by atoms with E-state index in [1.165, 1.54) is 32.4 Å². The summed E-state index contributed by atoms with van der Waals surface area (Å²) >= 11 is -1.05. The van der Waals surface area contributed by atoms with Crippen LogP contribution in [0.5, 0.6) is 0 Å². The summed E-state index contributed by atoms with van der Waals surface area (Å²) in [6.45, 7) is 10.5. The van der Waals surface area contributed by atoms with Gasteiger partial charge in [0.1, 0.15) is 6.61 Å². The van der Waals surface area contributed by atoms with Gasteiger partial charge < -0.3 is 47.1 Å². The van der Waals surface area contributed by atoms with Crippen molar-refractivity contribution >= 4 is 110 Å². The molecule has 0 saturated carbocycles. The fourth-order valence-corrected chi connectivity index (χ4v) is 14.9. The van der Waals surface area contributed by atoms with Crippen molar-refractivity contribution in [2.45, 2.75) is 83.3 Å². The van der Waals surface area contributed by atoms with E-state index in [9.17, 15) is 43.8 Å². The quantitative estimate of drug-likeness (QED) is 0.0112. The monoisotopic (exact) mass is 1400 g/mol. The molecule has 7 rings (SSSR count). The average Bonchev–Trinajstić information content (AvgIpc) is 1.60. The summed E-state index contributed by atoms with van der Waals surface area (Å²) < 4.78 is 160. The van der Waals surface area contributed by atoms with Gasteiger partial charge in [0.2, 0.25) is 5.69 Å². The van der Waals surface area contributed by atoms with Crippen molar-refractivity contribution in [3.63, 3.8) is 0 Å². The van der Waals surface area contributed by atoms with E-state index in [-0.39, 0.29) is 92.2 Å². The molecule has 1 saturated heterocycles. The third-order valence-corrected chi connectivity index (χ3v) is 21.2. The van der Waals surface area contributed by atoms with Gasteiger partial charge in [0.05, 0.1) is 147 Å². The molecule has 1 fully saturated rings. The topological polar surface area (TPSA) is 300 Å². The number of imide groups is 1. The van der Waals surface area contributed by atoms with E-state index >= 15 is 0 Å². The number of ether oxygens (including phenoxy) is 7. The number of nitrogens with zero attached hydrogens (tertiary/aromatic N) is 3. The molecule has 0 spiro atoms. The van der Waals surface area contributed by atoms with E-state index in [0.717, 1.165) is 61.4 Å². The van der Waals surface area contributed by atoms with Gasteiger partial charge in [-0.2, -0.15) is 29.8 Å². The largest absolute Gasteiger partial charge is 0.383 e. The highest BCUT2D eigenvalue weighted by atomic mass is 32.2. The van der Waals surface area contributed by atoms with Crippen LogP contribution in [0.25, 0.3) is 21.5 Å². The molecule has 0 N–H and O–H groups in total. The number of allylic oxidation sites excluding steroid dienone is 6. The summed E-state index contributed by atoms with van der Waals surface area (Å²) in [5.41, 5.74) is 2.94. The Morgan fingerprint density at radius 2 is 1.20 bits per heavy atom. The van der Waals surface area contributed by atoms with E-state index < -0.39 is 70.0 Å². The van der Waals surface area contributed by atoms with E-state index in [4.69, 9.17) is 58.9 Å². The highest BCUT2D eigenvalue weighted by Crippen LogP contribution is 2.54. The van der Waals surface area contributed by atoms with Crippen LogP contribution in [0.2, 0.25) is 0 Å². The van der Waals surface area contributed by atoms with Gasteiger partial charge >= 0.3 is 5.97 Å². The van der Waals surface area contributed by atoms with Gasteiger partial charge in [-0.25, -0.2) is 9.00 Å². The number of rotatable bonds is 41. The number of amides is 2. The van der Waals surface area contributed by atoms with Crippen molar-refractivity contribution in [2.24, 2.45) is 0 Å². The molecule has 93 heavy (non-hydrogen) atoms. The minimum absolute atomic E-state index is 0.0227. The number of carbonyl (C=O) groups excluding carboxylic acids is 3. The second kappa shape index (κ2) is 34.5. The Kier molecular flexibility index (Phi) is 27.8. The fraction of sp³-hybridized carbons (Fsp3) is 0.516. The van der Waals surface area contributed by atoms with Crippen molar-refractivity contribution in [3.8, 4) is 0 Å². The first-order valence-corrected chi connectivity index (χ1v) is 35.9. The predicted octanol–water partition coefficient (Wildman–Crippen LogP) is 6.64. The molecule has 3 heterocycles. The predicted molar refractivity (Wildman–Crippen MR) is 345 cm³/mol. The lowest BCUT2D eigenvalue weighted by atomic mass is 9.75. The molecular formula is C62H82N3O23S5+.